The lowest BCUT2D eigenvalue weighted by atomic mass is 9.87. The highest BCUT2D eigenvalue weighted by atomic mass is 32.1. The number of carbonyl (C=O) groups excluding carboxylic acids is 1. The summed E-state index contributed by atoms with van der Waals surface area (Å²) in [7, 11) is 0. The lowest BCUT2D eigenvalue weighted by Gasteiger charge is -2.19. The molecular formula is C22H22N4OS2. The Morgan fingerprint density at radius 2 is 1.86 bits per heavy atom. The molecule has 0 aliphatic carbocycles. The predicted octanol–water partition coefficient (Wildman–Crippen LogP) is 5.92. The number of thiazole rings is 1. The van der Waals surface area contributed by atoms with Crippen LogP contribution in [0.2, 0.25) is 0 Å². The van der Waals surface area contributed by atoms with Crippen molar-refractivity contribution in [3.05, 3.63) is 70.0 Å². The summed E-state index contributed by atoms with van der Waals surface area (Å²) in [6, 6.07) is 13.6. The maximum Gasteiger partial charge on any atom is 0.256 e. The van der Waals surface area contributed by atoms with Gasteiger partial charge in [0.1, 0.15) is 5.82 Å². The number of aryl methyl sites for hydroxylation is 1. The fourth-order valence-corrected chi connectivity index (χ4v) is 4.49. The monoisotopic (exact) mass is 422 g/mol. The number of thiophene rings is 1. The van der Waals surface area contributed by atoms with E-state index in [4.69, 9.17) is 4.98 Å². The SMILES string of the molecule is Cc1cc(NC(=O)c2ccc(C(C)(C)C)cc2)n(-c2nc(-c3cccs3)cs2)n1. The van der Waals surface area contributed by atoms with E-state index in [1.165, 1.54) is 16.9 Å². The van der Waals surface area contributed by atoms with E-state index in [-0.39, 0.29) is 11.3 Å². The minimum absolute atomic E-state index is 0.0514. The molecule has 0 spiro atoms. The summed E-state index contributed by atoms with van der Waals surface area (Å²) in [5.41, 5.74) is 3.59. The molecule has 0 atom stereocenters. The summed E-state index contributed by atoms with van der Waals surface area (Å²) in [4.78, 5) is 18.6. The zero-order chi connectivity index (χ0) is 20.6. The van der Waals surface area contributed by atoms with E-state index in [9.17, 15) is 4.79 Å². The maximum absolute atomic E-state index is 12.8. The second-order valence-electron chi connectivity index (χ2n) is 7.86. The number of hydrogen-bond donors (Lipinski definition) is 1. The summed E-state index contributed by atoms with van der Waals surface area (Å²) in [6.07, 6.45) is 0. The topological polar surface area (TPSA) is 59.8 Å². The van der Waals surface area contributed by atoms with E-state index in [2.05, 4.69) is 31.2 Å². The fraction of sp³-hybridized carbons (Fsp3) is 0.227. The number of nitrogens with zero attached hydrogens (tertiary/aromatic N) is 3. The van der Waals surface area contributed by atoms with Crippen LogP contribution in [0.1, 0.15) is 42.4 Å². The first-order valence-corrected chi connectivity index (χ1v) is 11.1. The molecule has 0 aliphatic heterocycles. The third kappa shape index (κ3) is 4.16. The van der Waals surface area contributed by atoms with Crippen LogP contribution in [-0.4, -0.2) is 20.7 Å². The Labute approximate surface area is 178 Å². The van der Waals surface area contributed by atoms with E-state index < -0.39 is 0 Å². The number of amides is 1. The highest BCUT2D eigenvalue weighted by molar-refractivity contribution is 7.15. The number of rotatable bonds is 4. The smallest absolute Gasteiger partial charge is 0.256 e. The van der Waals surface area contributed by atoms with Gasteiger partial charge in [-0.25, -0.2) is 4.98 Å². The van der Waals surface area contributed by atoms with Gasteiger partial charge in [-0.3, -0.25) is 4.79 Å². The first-order chi connectivity index (χ1) is 13.8. The average molecular weight is 423 g/mol. The molecule has 1 amide bonds. The molecule has 148 valence electrons. The highest BCUT2D eigenvalue weighted by Crippen LogP contribution is 2.29. The molecule has 0 saturated carbocycles. The Bertz CT molecular complexity index is 1130. The maximum atomic E-state index is 12.8. The normalized spacial score (nSPS) is 11.6. The van der Waals surface area contributed by atoms with Crippen LogP contribution in [0.15, 0.2) is 53.2 Å². The van der Waals surface area contributed by atoms with E-state index in [1.807, 2.05) is 60.1 Å². The molecule has 4 rings (SSSR count). The van der Waals surface area contributed by atoms with Gasteiger partial charge in [0.25, 0.3) is 5.91 Å². The van der Waals surface area contributed by atoms with Crippen molar-refractivity contribution in [1.29, 1.82) is 0 Å². The van der Waals surface area contributed by atoms with Crippen molar-refractivity contribution in [2.75, 3.05) is 5.32 Å². The van der Waals surface area contributed by atoms with Gasteiger partial charge in [-0.15, -0.1) is 22.7 Å². The largest absolute Gasteiger partial charge is 0.306 e. The van der Waals surface area contributed by atoms with Gasteiger partial charge in [0.05, 0.1) is 16.3 Å². The van der Waals surface area contributed by atoms with Crippen molar-refractivity contribution in [1.82, 2.24) is 14.8 Å². The van der Waals surface area contributed by atoms with E-state index in [0.717, 1.165) is 21.4 Å². The summed E-state index contributed by atoms with van der Waals surface area (Å²) in [6.45, 7) is 8.36. The zero-order valence-electron chi connectivity index (χ0n) is 16.8. The Morgan fingerprint density at radius 3 is 2.52 bits per heavy atom. The first-order valence-electron chi connectivity index (χ1n) is 9.29. The number of aromatic nitrogens is 3. The van der Waals surface area contributed by atoms with Crippen molar-refractivity contribution < 1.29 is 4.79 Å². The standard InChI is InChI=1S/C22H22N4OS2/c1-14-12-19(24-20(27)15-7-9-16(10-8-15)22(2,3)4)26(25-14)21-23-17(13-29-21)18-6-5-11-28-18/h5-13H,1-4H3,(H,24,27). The second kappa shape index (κ2) is 7.57. The zero-order valence-corrected chi connectivity index (χ0v) is 18.4. The Morgan fingerprint density at radius 1 is 1.10 bits per heavy atom. The molecule has 5 nitrogen and oxygen atoms in total. The molecule has 0 aliphatic rings. The molecule has 3 aromatic heterocycles. The van der Waals surface area contributed by atoms with Gasteiger partial charge < -0.3 is 5.32 Å². The van der Waals surface area contributed by atoms with Gasteiger partial charge in [0.2, 0.25) is 5.13 Å². The van der Waals surface area contributed by atoms with Crippen molar-refractivity contribution in [2.45, 2.75) is 33.1 Å². The summed E-state index contributed by atoms with van der Waals surface area (Å²) in [5, 5.41) is 12.3. The molecule has 3 heterocycles. The molecule has 29 heavy (non-hydrogen) atoms. The quantitative estimate of drug-likeness (QED) is 0.444. The van der Waals surface area contributed by atoms with Crippen LogP contribution in [0.4, 0.5) is 5.82 Å². The van der Waals surface area contributed by atoms with Gasteiger partial charge in [-0.2, -0.15) is 9.78 Å². The number of carbonyl (C=O) groups is 1. The Kier molecular flexibility index (Phi) is 5.10. The van der Waals surface area contributed by atoms with E-state index in [1.54, 1.807) is 16.0 Å². The van der Waals surface area contributed by atoms with Gasteiger partial charge in [-0.1, -0.05) is 39.0 Å². The van der Waals surface area contributed by atoms with Gasteiger partial charge in [0.15, 0.2) is 0 Å². The van der Waals surface area contributed by atoms with E-state index >= 15 is 0 Å². The van der Waals surface area contributed by atoms with Gasteiger partial charge in [-0.05, 0) is 41.5 Å². The molecule has 7 heteroatoms. The molecule has 4 aromatic rings. The average Bonchev–Trinajstić information content (AvgIpc) is 3.41. The molecule has 0 bridgehead atoms. The van der Waals surface area contributed by atoms with Crippen LogP contribution in [0, 0.1) is 6.92 Å². The summed E-state index contributed by atoms with van der Waals surface area (Å²) in [5.74, 6) is 0.445. The van der Waals surface area contributed by atoms with Crippen molar-refractivity contribution in [2.24, 2.45) is 0 Å². The van der Waals surface area contributed by atoms with Crippen LogP contribution in [-0.2, 0) is 5.41 Å². The highest BCUT2D eigenvalue weighted by Gasteiger charge is 2.17. The minimum atomic E-state index is -0.165. The molecule has 1 N–H and O–H groups in total. The Hall–Kier alpha value is -2.77. The number of nitrogens with one attached hydrogen (secondary N) is 1. The van der Waals surface area contributed by atoms with Gasteiger partial charge in [0, 0.05) is 17.0 Å². The van der Waals surface area contributed by atoms with Crippen LogP contribution in [0.5, 0.6) is 0 Å². The van der Waals surface area contributed by atoms with Crippen molar-refractivity contribution in [3.63, 3.8) is 0 Å². The molecule has 0 fully saturated rings. The number of benzene rings is 1. The first kappa shape index (κ1) is 19.5. The molecule has 0 saturated heterocycles. The fourth-order valence-electron chi connectivity index (χ4n) is 2.94. The number of hydrogen-bond acceptors (Lipinski definition) is 5. The lowest BCUT2D eigenvalue weighted by molar-refractivity contribution is 0.102. The molecule has 0 unspecified atom stereocenters. The summed E-state index contributed by atoms with van der Waals surface area (Å²) < 4.78 is 1.69. The van der Waals surface area contributed by atoms with Crippen LogP contribution >= 0.6 is 22.7 Å². The van der Waals surface area contributed by atoms with Crippen LogP contribution < -0.4 is 5.32 Å². The van der Waals surface area contributed by atoms with Crippen molar-refractivity contribution in [3.8, 4) is 15.7 Å². The van der Waals surface area contributed by atoms with Crippen molar-refractivity contribution >= 4 is 34.4 Å². The lowest BCUT2D eigenvalue weighted by Crippen LogP contribution is -2.16. The van der Waals surface area contributed by atoms with E-state index in [0.29, 0.717) is 11.4 Å². The third-order valence-corrected chi connectivity index (χ3v) is 6.24. The summed E-state index contributed by atoms with van der Waals surface area (Å²) >= 11 is 3.15. The molecule has 0 radical (unpaired) electrons. The second-order valence-corrected chi connectivity index (χ2v) is 9.64. The Balaban J connectivity index is 1.58. The third-order valence-electron chi connectivity index (χ3n) is 4.53. The predicted molar refractivity (Wildman–Crippen MR) is 120 cm³/mol. The minimum Gasteiger partial charge on any atom is -0.306 e. The van der Waals surface area contributed by atoms with Gasteiger partial charge >= 0.3 is 0 Å². The van der Waals surface area contributed by atoms with Crippen LogP contribution in [0.25, 0.3) is 15.7 Å². The molecular weight excluding hydrogens is 400 g/mol. The van der Waals surface area contributed by atoms with Crippen LogP contribution in [0.3, 0.4) is 0 Å². The molecule has 1 aromatic carbocycles. The number of anilines is 1.